The van der Waals surface area contributed by atoms with Gasteiger partial charge in [-0.15, -0.1) is 0 Å². The van der Waals surface area contributed by atoms with Gasteiger partial charge in [-0.2, -0.15) is 8.78 Å². The van der Waals surface area contributed by atoms with E-state index < -0.39 is 18.0 Å². The predicted octanol–water partition coefficient (Wildman–Crippen LogP) is 5.91. The van der Waals surface area contributed by atoms with Crippen LogP contribution in [0, 0.1) is 18.8 Å². The molecule has 2 aromatic heterocycles. The van der Waals surface area contributed by atoms with Gasteiger partial charge in [0, 0.05) is 42.1 Å². The highest BCUT2D eigenvalue weighted by Gasteiger charge is 2.14. The molecule has 5 rings (SSSR count). The maximum Gasteiger partial charge on any atom is 0.321 e. The number of nitrogens with one attached hydrogen (secondary N) is 2. The Balaban J connectivity index is 1.22. The Hall–Kier alpha value is -4.86. The maximum absolute atomic E-state index is 12.8. The van der Waals surface area contributed by atoms with Crippen molar-refractivity contribution in [2.75, 3.05) is 23.8 Å². The van der Waals surface area contributed by atoms with Gasteiger partial charge >= 0.3 is 6.55 Å². The fraction of sp³-hybridized carbons (Fsp3) is 0.290. The van der Waals surface area contributed by atoms with Crippen molar-refractivity contribution in [3.05, 3.63) is 77.0 Å². The third kappa shape index (κ3) is 7.91. The molecule has 2 aromatic carbocycles. The largest absolute Gasteiger partial charge is 0.457 e. The number of fused-ring (bicyclic) bond motifs is 1. The maximum atomic E-state index is 12.8. The van der Waals surface area contributed by atoms with E-state index in [1.807, 2.05) is 13.0 Å². The van der Waals surface area contributed by atoms with Crippen LogP contribution in [0.25, 0.3) is 10.9 Å². The number of aromatic nitrogens is 3. The van der Waals surface area contributed by atoms with Gasteiger partial charge in [-0.25, -0.2) is 9.97 Å². The lowest BCUT2D eigenvalue weighted by atomic mass is 10.1. The summed E-state index contributed by atoms with van der Waals surface area (Å²) >= 11 is 0. The second-order valence-electron chi connectivity index (χ2n) is 9.72. The molecule has 1 atom stereocenters. The molecular weight excluding hydrogens is 560 g/mol. The molecule has 1 amide bonds. The van der Waals surface area contributed by atoms with Gasteiger partial charge in [0.05, 0.1) is 12.1 Å². The minimum Gasteiger partial charge on any atom is -0.457 e. The predicted molar refractivity (Wildman–Crippen MR) is 157 cm³/mol. The SMILES string of the molecule is Cc1cc(Nc2ncnc3ccc(NC(=O)C#CCCOC4CCCCO4)cc23)ccc1Oc1ccn(C(F)F)c(=O)c1. The molecule has 1 unspecified atom stereocenters. The summed E-state index contributed by atoms with van der Waals surface area (Å²) in [5.41, 5.74) is 1.75. The molecule has 12 heteroatoms. The molecule has 1 saturated heterocycles. The topological polar surface area (TPSA) is 117 Å². The zero-order valence-corrected chi connectivity index (χ0v) is 23.3. The molecule has 0 radical (unpaired) electrons. The van der Waals surface area contributed by atoms with E-state index >= 15 is 0 Å². The average Bonchev–Trinajstić information content (AvgIpc) is 2.99. The minimum atomic E-state index is -2.93. The first-order valence-corrected chi connectivity index (χ1v) is 13.7. The van der Waals surface area contributed by atoms with Crippen LogP contribution in [0.3, 0.4) is 0 Å². The van der Waals surface area contributed by atoms with Crippen LogP contribution in [-0.4, -0.2) is 39.9 Å². The molecule has 0 bridgehead atoms. The fourth-order valence-electron chi connectivity index (χ4n) is 4.42. The standard InChI is InChI=1S/C31H29F2N5O5/c1-20-16-21(9-11-26(20)43-23-12-13-38(31(32)33)28(40)18-23)37-30-24-17-22(8-10-25(24)34-19-35-30)36-27(39)6-2-4-14-41-29-7-3-5-15-42-29/h8-13,16-19,29,31H,3-5,7,14-15H2,1H3,(H,36,39)(H,34,35,37). The number of pyridine rings is 1. The van der Waals surface area contributed by atoms with Gasteiger partial charge in [-0.1, -0.05) is 5.92 Å². The Bertz CT molecular complexity index is 1730. The van der Waals surface area contributed by atoms with Crippen molar-refractivity contribution in [2.45, 2.75) is 45.4 Å². The van der Waals surface area contributed by atoms with Crippen LogP contribution in [0.15, 0.2) is 65.8 Å². The number of alkyl halides is 2. The van der Waals surface area contributed by atoms with Gasteiger partial charge in [0.15, 0.2) is 6.29 Å². The van der Waals surface area contributed by atoms with Crippen LogP contribution in [0.4, 0.5) is 26.0 Å². The molecule has 1 aliphatic rings. The number of carbonyl (C=O) groups is 1. The third-order valence-electron chi connectivity index (χ3n) is 6.56. The number of hydrogen-bond donors (Lipinski definition) is 2. The van der Waals surface area contributed by atoms with E-state index in [-0.39, 0.29) is 12.0 Å². The number of amides is 1. The van der Waals surface area contributed by atoms with E-state index in [0.717, 1.165) is 37.1 Å². The first-order valence-electron chi connectivity index (χ1n) is 13.7. The highest BCUT2D eigenvalue weighted by Crippen LogP contribution is 2.30. The minimum absolute atomic E-state index is 0.147. The summed E-state index contributed by atoms with van der Waals surface area (Å²) in [6.45, 7) is -0.00910. The average molecular weight is 590 g/mol. The van der Waals surface area contributed by atoms with Crippen molar-refractivity contribution in [3.8, 4) is 23.3 Å². The summed E-state index contributed by atoms with van der Waals surface area (Å²) in [6, 6.07) is 12.8. The van der Waals surface area contributed by atoms with E-state index in [1.165, 1.54) is 12.4 Å². The lowest BCUT2D eigenvalue weighted by Crippen LogP contribution is -2.22. The summed E-state index contributed by atoms with van der Waals surface area (Å²) < 4.78 is 42.9. The van der Waals surface area contributed by atoms with Gasteiger partial charge in [0.25, 0.3) is 11.5 Å². The van der Waals surface area contributed by atoms with E-state index in [1.54, 1.807) is 30.3 Å². The summed E-state index contributed by atoms with van der Waals surface area (Å²) in [5.74, 6) is 6.07. The van der Waals surface area contributed by atoms with E-state index in [0.29, 0.717) is 58.0 Å². The number of rotatable bonds is 9. The summed E-state index contributed by atoms with van der Waals surface area (Å²) in [4.78, 5) is 32.9. The Morgan fingerprint density at radius 3 is 2.77 bits per heavy atom. The third-order valence-corrected chi connectivity index (χ3v) is 6.56. The fourth-order valence-corrected chi connectivity index (χ4v) is 4.42. The molecule has 0 saturated carbocycles. The van der Waals surface area contributed by atoms with Gasteiger partial charge in [-0.05, 0) is 80.1 Å². The van der Waals surface area contributed by atoms with E-state index in [9.17, 15) is 18.4 Å². The number of carbonyl (C=O) groups excluding carboxylic acids is 1. The highest BCUT2D eigenvalue weighted by molar-refractivity contribution is 6.05. The molecular formula is C31H29F2N5O5. The Labute approximate surface area is 246 Å². The summed E-state index contributed by atoms with van der Waals surface area (Å²) in [6.07, 6.45) is 5.66. The number of aryl methyl sites for hydroxylation is 1. The lowest BCUT2D eigenvalue weighted by molar-refractivity contribution is -0.161. The zero-order chi connectivity index (χ0) is 30.2. The molecule has 4 aromatic rings. The van der Waals surface area contributed by atoms with Crippen LogP contribution < -0.4 is 20.9 Å². The number of ether oxygens (including phenoxy) is 3. The first-order chi connectivity index (χ1) is 20.9. The van der Waals surface area contributed by atoms with Crippen molar-refractivity contribution < 1.29 is 27.8 Å². The van der Waals surface area contributed by atoms with Gasteiger partial charge in [0.1, 0.15) is 23.6 Å². The Morgan fingerprint density at radius 1 is 1.14 bits per heavy atom. The number of nitrogens with zero attached hydrogens (tertiary/aromatic N) is 3. The number of anilines is 3. The Kier molecular flexibility index (Phi) is 9.56. The van der Waals surface area contributed by atoms with Crippen LogP contribution in [-0.2, 0) is 14.3 Å². The van der Waals surface area contributed by atoms with Crippen LogP contribution in [0.2, 0.25) is 0 Å². The van der Waals surface area contributed by atoms with Gasteiger partial charge in [0.2, 0.25) is 0 Å². The summed E-state index contributed by atoms with van der Waals surface area (Å²) in [5, 5.41) is 6.70. The zero-order valence-electron chi connectivity index (χ0n) is 23.3. The molecule has 3 heterocycles. The lowest BCUT2D eigenvalue weighted by Gasteiger charge is -2.22. The van der Waals surface area contributed by atoms with Crippen LogP contribution in [0.5, 0.6) is 11.5 Å². The van der Waals surface area contributed by atoms with E-state index in [2.05, 4.69) is 32.4 Å². The number of benzene rings is 2. The van der Waals surface area contributed by atoms with Crippen molar-refractivity contribution in [1.82, 2.24) is 14.5 Å². The molecule has 222 valence electrons. The van der Waals surface area contributed by atoms with Gasteiger partial charge in [-0.3, -0.25) is 14.2 Å². The Morgan fingerprint density at radius 2 is 2.00 bits per heavy atom. The second kappa shape index (κ2) is 13.9. The molecule has 0 aliphatic carbocycles. The molecule has 43 heavy (non-hydrogen) atoms. The molecule has 0 spiro atoms. The smallest absolute Gasteiger partial charge is 0.321 e. The highest BCUT2D eigenvalue weighted by atomic mass is 19.3. The van der Waals surface area contributed by atoms with E-state index in [4.69, 9.17) is 14.2 Å². The van der Waals surface area contributed by atoms with Gasteiger partial charge < -0.3 is 24.8 Å². The first kappa shape index (κ1) is 29.6. The molecule has 10 nitrogen and oxygen atoms in total. The number of hydrogen-bond acceptors (Lipinski definition) is 8. The van der Waals surface area contributed by atoms with Crippen LogP contribution in [0.1, 0.15) is 37.8 Å². The summed E-state index contributed by atoms with van der Waals surface area (Å²) in [7, 11) is 0. The molecule has 1 aliphatic heterocycles. The number of halogens is 2. The second-order valence-corrected chi connectivity index (χ2v) is 9.72. The van der Waals surface area contributed by atoms with Crippen molar-refractivity contribution in [1.29, 1.82) is 0 Å². The molecule has 2 N–H and O–H groups in total. The van der Waals surface area contributed by atoms with Crippen molar-refractivity contribution in [2.24, 2.45) is 0 Å². The normalized spacial score (nSPS) is 14.7. The molecule has 1 fully saturated rings. The monoisotopic (exact) mass is 589 g/mol. The van der Waals surface area contributed by atoms with Crippen molar-refractivity contribution >= 4 is 34.0 Å². The van der Waals surface area contributed by atoms with Crippen LogP contribution >= 0.6 is 0 Å². The van der Waals surface area contributed by atoms with Crippen molar-refractivity contribution in [3.63, 3.8) is 0 Å². The quantitative estimate of drug-likeness (QED) is 0.183.